The number of aromatic nitrogens is 1. The monoisotopic (exact) mass is 274 g/mol. The summed E-state index contributed by atoms with van der Waals surface area (Å²) in [4.78, 5) is 15.8. The van der Waals surface area contributed by atoms with E-state index in [0.29, 0.717) is 24.3 Å². The van der Waals surface area contributed by atoms with Crippen LogP contribution in [0.1, 0.15) is 16.1 Å². The van der Waals surface area contributed by atoms with Crippen LogP contribution in [-0.4, -0.2) is 17.4 Å². The smallest absolute Gasteiger partial charge is 0.269 e. The zero-order valence-electron chi connectivity index (χ0n) is 10.8. The molecule has 2 rings (SSSR count). The first-order valence-electron chi connectivity index (χ1n) is 6.14. The van der Waals surface area contributed by atoms with Crippen LogP contribution in [0.25, 0.3) is 0 Å². The minimum atomic E-state index is -0.268. The number of hydrazine groups is 1. The van der Waals surface area contributed by atoms with E-state index < -0.39 is 0 Å². The van der Waals surface area contributed by atoms with Crippen molar-refractivity contribution < 1.29 is 9.18 Å². The number of nitrogens with zero attached hydrogens (tertiary/aromatic N) is 1. The number of rotatable bonds is 5. The van der Waals surface area contributed by atoms with Crippen LogP contribution in [0.3, 0.4) is 0 Å². The lowest BCUT2D eigenvalue weighted by Crippen LogP contribution is -2.26. The van der Waals surface area contributed by atoms with Gasteiger partial charge in [-0.1, -0.05) is 12.1 Å². The second kappa shape index (κ2) is 6.63. The van der Waals surface area contributed by atoms with Crippen LogP contribution in [0.2, 0.25) is 0 Å². The molecule has 0 unspecified atom stereocenters. The Morgan fingerprint density at radius 3 is 2.55 bits per heavy atom. The Bertz CT molecular complexity index is 569. The van der Waals surface area contributed by atoms with Crippen LogP contribution in [-0.2, 0) is 6.42 Å². The van der Waals surface area contributed by atoms with Crippen molar-refractivity contribution in [2.75, 3.05) is 12.0 Å². The van der Waals surface area contributed by atoms with E-state index in [4.69, 9.17) is 5.84 Å². The summed E-state index contributed by atoms with van der Waals surface area (Å²) in [6.07, 6.45) is 2.11. The Morgan fingerprint density at radius 1 is 1.20 bits per heavy atom. The van der Waals surface area contributed by atoms with Crippen molar-refractivity contribution in [1.82, 2.24) is 10.3 Å². The van der Waals surface area contributed by atoms with E-state index in [-0.39, 0.29) is 11.7 Å². The largest absolute Gasteiger partial charge is 0.350 e. The van der Waals surface area contributed by atoms with E-state index in [9.17, 15) is 9.18 Å². The summed E-state index contributed by atoms with van der Waals surface area (Å²) in [7, 11) is 0. The van der Waals surface area contributed by atoms with E-state index in [1.165, 1.54) is 18.3 Å². The van der Waals surface area contributed by atoms with Crippen LogP contribution >= 0.6 is 0 Å². The molecule has 6 heteroatoms. The van der Waals surface area contributed by atoms with E-state index in [2.05, 4.69) is 15.7 Å². The number of nitrogen functional groups attached to an aromatic ring is 1. The van der Waals surface area contributed by atoms with Gasteiger partial charge in [0, 0.05) is 6.54 Å². The maximum atomic E-state index is 12.7. The van der Waals surface area contributed by atoms with Crippen LogP contribution in [0, 0.1) is 5.82 Å². The molecule has 0 spiro atoms. The van der Waals surface area contributed by atoms with Gasteiger partial charge in [0.25, 0.3) is 5.91 Å². The molecule has 0 atom stereocenters. The minimum absolute atomic E-state index is 0.254. The second-order valence-corrected chi connectivity index (χ2v) is 4.21. The SMILES string of the molecule is NNc1ccc(C(=O)NCCc2ccc(F)cc2)nc1. The molecular formula is C14H15FN4O. The van der Waals surface area contributed by atoms with Gasteiger partial charge in [0.15, 0.2) is 0 Å². The Morgan fingerprint density at radius 2 is 1.95 bits per heavy atom. The van der Waals surface area contributed by atoms with Gasteiger partial charge >= 0.3 is 0 Å². The molecule has 0 aliphatic rings. The number of benzene rings is 1. The molecule has 20 heavy (non-hydrogen) atoms. The molecule has 1 amide bonds. The van der Waals surface area contributed by atoms with Crippen LogP contribution in [0.4, 0.5) is 10.1 Å². The third-order valence-corrected chi connectivity index (χ3v) is 2.78. The zero-order valence-corrected chi connectivity index (χ0v) is 10.8. The molecule has 2 aromatic rings. The highest BCUT2D eigenvalue weighted by Gasteiger charge is 2.06. The highest BCUT2D eigenvalue weighted by atomic mass is 19.1. The summed E-state index contributed by atoms with van der Waals surface area (Å²) in [6.45, 7) is 0.461. The van der Waals surface area contributed by atoms with E-state index in [0.717, 1.165) is 5.56 Å². The van der Waals surface area contributed by atoms with E-state index in [1.54, 1.807) is 24.3 Å². The average molecular weight is 274 g/mol. The maximum absolute atomic E-state index is 12.7. The van der Waals surface area contributed by atoms with Gasteiger partial charge in [0.2, 0.25) is 0 Å². The number of nitrogens with one attached hydrogen (secondary N) is 2. The fourth-order valence-corrected chi connectivity index (χ4v) is 1.68. The Hall–Kier alpha value is -2.47. The lowest BCUT2D eigenvalue weighted by Gasteiger charge is -2.05. The topological polar surface area (TPSA) is 80.0 Å². The zero-order chi connectivity index (χ0) is 14.4. The number of carbonyl (C=O) groups excluding carboxylic acids is 1. The third kappa shape index (κ3) is 3.76. The predicted octanol–water partition coefficient (Wildman–Crippen LogP) is 1.48. The van der Waals surface area contributed by atoms with Crippen molar-refractivity contribution >= 4 is 11.6 Å². The van der Waals surface area contributed by atoms with Crippen LogP contribution < -0.4 is 16.6 Å². The summed E-state index contributed by atoms with van der Waals surface area (Å²) >= 11 is 0. The van der Waals surface area contributed by atoms with Crippen molar-refractivity contribution in [1.29, 1.82) is 0 Å². The van der Waals surface area contributed by atoms with E-state index >= 15 is 0 Å². The van der Waals surface area contributed by atoms with Gasteiger partial charge < -0.3 is 10.7 Å². The number of carbonyl (C=O) groups is 1. The molecule has 0 fully saturated rings. The number of pyridine rings is 1. The molecule has 1 aromatic heterocycles. The van der Waals surface area contributed by atoms with Gasteiger partial charge in [0.1, 0.15) is 11.5 Å². The number of hydrogen-bond acceptors (Lipinski definition) is 4. The number of nitrogens with two attached hydrogens (primary N) is 1. The summed E-state index contributed by atoms with van der Waals surface area (Å²) in [5.41, 5.74) is 4.35. The van der Waals surface area contributed by atoms with Crippen molar-refractivity contribution in [2.24, 2.45) is 5.84 Å². The van der Waals surface area contributed by atoms with Crippen LogP contribution in [0.5, 0.6) is 0 Å². The Labute approximate surface area is 116 Å². The summed E-state index contributed by atoms with van der Waals surface area (Å²) in [6, 6.07) is 9.45. The lowest BCUT2D eigenvalue weighted by molar-refractivity contribution is 0.0949. The molecule has 1 heterocycles. The number of anilines is 1. The molecular weight excluding hydrogens is 259 g/mol. The Kier molecular flexibility index (Phi) is 4.62. The molecule has 0 aliphatic heterocycles. The second-order valence-electron chi connectivity index (χ2n) is 4.21. The highest BCUT2D eigenvalue weighted by Crippen LogP contribution is 2.05. The van der Waals surface area contributed by atoms with Crippen molar-refractivity contribution in [3.05, 3.63) is 59.7 Å². The van der Waals surface area contributed by atoms with Gasteiger partial charge in [-0.05, 0) is 36.2 Å². The first kappa shape index (κ1) is 14.0. The van der Waals surface area contributed by atoms with Crippen LogP contribution in [0.15, 0.2) is 42.6 Å². The maximum Gasteiger partial charge on any atom is 0.269 e. The molecule has 0 saturated heterocycles. The summed E-state index contributed by atoms with van der Waals surface area (Å²) in [5.74, 6) is 4.69. The molecule has 5 nitrogen and oxygen atoms in total. The van der Waals surface area contributed by atoms with Gasteiger partial charge in [-0.3, -0.25) is 10.6 Å². The molecule has 0 aliphatic carbocycles. The van der Waals surface area contributed by atoms with Gasteiger partial charge in [-0.15, -0.1) is 0 Å². The standard InChI is InChI=1S/C14H15FN4O/c15-11-3-1-10(2-4-11)7-8-17-14(20)13-6-5-12(19-16)9-18-13/h1-6,9,19H,7-8,16H2,(H,17,20). The van der Waals surface area contributed by atoms with Gasteiger partial charge in [-0.2, -0.15) is 0 Å². The number of amides is 1. The molecule has 104 valence electrons. The van der Waals surface area contributed by atoms with Crippen molar-refractivity contribution in [2.45, 2.75) is 6.42 Å². The molecule has 0 saturated carbocycles. The quantitative estimate of drug-likeness (QED) is 0.570. The van der Waals surface area contributed by atoms with Gasteiger partial charge in [-0.25, -0.2) is 9.37 Å². The summed E-state index contributed by atoms with van der Waals surface area (Å²) in [5, 5.41) is 2.75. The molecule has 0 bridgehead atoms. The molecule has 1 aromatic carbocycles. The fraction of sp³-hybridized carbons (Fsp3) is 0.143. The molecule has 0 radical (unpaired) electrons. The minimum Gasteiger partial charge on any atom is -0.350 e. The number of hydrogen-bond donors (Lipinski definition) is 3. The lowest BCUT2D eigenvalue weighted by atomic mass is 10.1. The number of halogens is 1. The Balaban J connectivity index is 1.83. The predicted molar refractivity (Wildman–Crippen MR) is 74.5 cm³/mol. The third-order valence-electron chi connectivity index (χ3n) is 2.78. The summed E-state index contributed by atoms with van der Waals surface area (Å²) < 4.78 is 12.7. The van der Waals surface area contributed by atoms with E-state index in [1.807, 2.05) is 0 Å². The first-order chi connectivity index (χ1) is 9.69. The van der Waals surface area contributed by atoms with Crippen molar-refractivity contribution in [3.63, 3.8) is 0 Å². The molecule has 4 N–H and O–H groups in total. The fourth-order valence-electron chi connectivity index (χ4n) is 1.68. The van der Waals surface area contributed by atoms with Crippen molar-refractivity contribution in [3.8, 4) is 0 Å². The normalized spacial score (nSPS) is 10.1. The average Bonchev–Trinajstić information content (AvgIpc) is 2.49. The first-order valence-corrected chi connectivity index (χ1v) is 6.14. The van der Waals surface area contributed by atoms with Gasteiger partial charge in [0.05, 0.1) is 11.9 Å². The highest BCUT2D eigenvalue weighted by molar-refractivity contribution is 5.92.